The molecule has 4 rings (SSSR count). The molecule has 2 heterocycles. The number of nitrogens with zero attached hydrogens (tertiary/aromatic N) is 2. The van der Waals surface area contributed by atoms with E-state index in [1.54, 1.807) is 18.7 Å². The van der Waals surface area contributed by atoms with Crippen LogP contribution >= 0.6 is 0 Å². The van der Waals surface area contributed by atoms with Gasteiger partial charge < -0.3 is 9.30 Å². The molecule has 4 heteroatoms. The summed E-state index contributed by atoms with van der Waals surface area (Å²) in [6.45, 7) is 0. The summed E-state index contributed by atoms with van der Waals surface area (Å²) in [4.78, 5) is 17.0. The van der Waals surface area contributed by atoms with E-state index in [4.69, 9.17) is 4.74 Å². The van der Waals surface area contributed by atoms with Crippen LogP contribution in [0.4, 0.5) is 0 Å². The number of benzene rings is 2. The van der Waals surface area contributed by atoms with Crippen molar-refractivity contribution in [1.29, 1.82) is 0 Å². The maximum absolute atomic E-state index is 13.0. The molecule has 0 N–H and O–H groups in total. The van der Waals surface area contributed by atoms with Crippen LogP contribution in [0.3, 0.4) is 0 Å². The largest absolute Gasteiger partial charge is 0.482 e. The summed E-state index contributed by atoms with van der Waals surface area (Å²) in [5, 5.41) is 0. The molecule has 0 unspecified atom stereocenters. The van der Waals surface area contributed by atoms with E-state index in [0.29, 0.717) is 11.3 Å². The molecule has 2 atom stereocenters. The molecule has 0 spiro atoms. The Labute approximate surface area is 128 Å². The Balaban J connectivity index is 1.86. The molecule has 0 saturated carbocycles. The summed E-state index contributed by atoms with van der Waals surface area (Å²) >= 11 is 0. The Hall–Kier alpha value is -2.88. The molecule has 22 heavy (non-hydrogen) atoms. The predicted molar refractivity (Wildman–Crippen MR) is 81.8 cm³/mol. The van der Waals surface area contributed by atoms with E-state index in [0.717, 1.165) is 5.56 Å². The van der Waals surface area contributed by atoms with Crippen molar-refractivity contribution >= 4 is 5.78 Å². The Bertz CT molecular complexity index is 797. The minimum absolute atomic E-state index is 0.0497. The van der Waals surface area contributed by atoms with Crippen molar-refractivity contribution in [3.8, 4) is 5.75 Å². The summed E-state index contributed by atoms with van der Waals surface area (Å²) < 4.78 is 7.97. The third-order valence-corrected chi connectivity index (χ3v) is 3.94. The van der Waals surface area contributed by atoms with Gasteiger partial charge in [-0.05, 0) is 17.7 Å². The average molecular weight is 290 g/mol. The lowest BCUT2D eigenvalue weighted by Gasteiger charge is -2.33. The monoisotopic (exact) mass is 290 g/mol. The summed E-state index contributed by atoms with van der Waals surface area (Å²) in [5.74, 6) is 0.687. The van der Waals surface area contributed by atoms with Gasteiger partial charge in [0.25, 0.3) is 0 Å². The number of hydrogen-bond donors (Lipinski definition) is 0. The number of aromatic nitrogens is 2. The number of Topliss-reactive ketones (excluding diaryl/α,β-unsaturated/α-hetero) is 1. The fourth-order valence-corrected chi connectivity index (χ4v) is 2.89. The maximum atomic E-state index is 13.0. The zero-order valence-electron chi connectivity index (χ0n) is 11.8. The van der Waals surface area contributed by atoms with Gasteiger partial charge in [0.05, 0.1) is 11.9 Å². The number of carbonyl (C=O) groups is 1. The van der Waals surface area contributed by atoms with Gasteiger partial charge in [-0.15, -0.1) is 0 Å². The van der Waals surface area contributed by atoms with Gasteiger partial charge >= 0.3 is 0 Å². The minimum Gasteiger partial charge on any atom is -0.482 e. The van der Waals surface area contributed by atoms with E-state index in [9.17, 15) is 4.79 Å². The molecule has 1 aromatic heterocycles. The molecule has 0 aliphatic carbocycles. The summed E-state index contributed by atoms with van der Waals surface area (Å²) in [7, 11) is 0. The Morgan fingerprint density at radius 1 is 1.00 bits per heavy atom. The standard InChI is InChI=1S/C18H14N2O2/c21-17-14-8-4-5-9-15(14)22-18(13-6-2-1-3-7-13)16(17)20-11-10-19-12-20/h1-12,16,18H/t16-,18+/m0/s1. The predicted octanol–water partition coefficient (Wildman–Crippen LogP) is 3.44. The van der Waals surface area contributed by atoms with Gasteiger partial charge in [-0.2, -0.15) is 0 Å². The van der Waals surface area contributed by atoms with Crippen molar-refractivity contribution < 1.29 is 9.53 Å². The van der Waals surface area contributed by atoms with Crippen LogP contribution in [0.15, 0.2) is 73.3 Å². The Morgan fingerprint density at radius 2 is 1.77 bits per heavy atom. The van der Waals surface area contributed by atoms with Crippen LogP contribution in [0.1, 0.15) is 28.1 Å². The van der Waals surface area contributed by atoms with Crippen LogP contribution in [0.25, 0.3) is 0 Å². The molecule has 0 radical (unpaired) electrons. The van der Waals surface area contributed by atoms with Gasteiger partial charge in [-0.25, -0.2) is 4.98 Å². The molecule has 0 bridgehead atoms. The third kappa shape index (κ3) is 2.00. The summed E-state index contributed by atoms with van der Waals surface area (Å²) in [6.07, 6.45) is 4.78. The molecule has 1 aliphatic heterocycles. The second-order valence-corrected chi connectivity index (χ2v) is 5.26. The van der Waals surface area contributed by atoms with Crippen LogP contribution in [-0.4, -0.2) is 15.3 Å². The maximum Gasteiger partial charge on any atom is 0.193 e. The lowest BCUT2D eigenvalue weighted by atomic mass is 9.91. The number of carbonyl (C=O) groups excluding carboxylic acids is 1. The Morgan fingerprint density at radius 3 is 2.55 bits per heavy atom. The van der Waals surface area contributed by atoms with Crippen molar-refractivity contribution in [1.82, 2.24) is 9.55 Å². The number of para-hydroxylation sites is 1. The second kappa shape index (κ2) is 5.15. The highest BCUT2D eigenvalue weighted by atomic mass is 16.5. The lowest BCUT2D eigenvalue weighted by molar-refractivity contribution is 0.0677. The molecular weight excluding hydrogens is 276 g/mol. The highest BCUT2D eigenvalue weighted by Gasteiger charge is 2.38. The van der Waals surface area contributed by atoms with Crippen molar-refractivity contribution in [2.24, 2.45) is 0 Å². The first-order valence-corrected chi connectivity index (χ1v) is 7.17. The number of fused-ring (bicyclic) bond motifs is 1. The van der Waals surface area contributed by atoms with Crippen molar-refractivity contribution in [3.63, 3.8) is 0 Å². The quantitative estimate of drug-likeness (QED) is 0.726. The first kappa shape index (κ1) is 12.8. The van der Waals surface area contributed by atoms with Gasteiger partial charge in [0, 0.05) is 12.4 Å². The smallest absolute Gasteiger partial charge is 0.193 e. The van der Waals surface area contributed by atoms with Crippen molar-refractivity contribution in [2.45, 2.75) is 12.1 Å². The zero-order chi connectivity index (χ0) is 14.9. The number of hydrogen-bond acceptors (Lipinski definition) is 3. The summed E-state index contributed by atoms with van der Waals surface area (Å²) in [5.41, 5.74) is 1.59. The Kier molecular flexibility index (Phi) is 3.00. The summed E-state index contributed by atoms with van der Waals surface area (Å²) in [6, 6.07) is 16.8. The molecule has 0 amide bonds. The SMILES string of the molecule is O=C1c2ccccc2O[C@H](c2ccccc2)[C@H]1n1ccnc1. The number of ether oxygens (including phenoxy) is 1. The van der Waals surface area contributed by atoms with Gasteiger partial charge in [-0.3, -0.25) is 4.79 Å². The molecule has 2 aromatic carbocycles. The molecular formula is C18H14N2O2. The van der Waals surface area contributed by atoms with Gasteiger partial charge in [-0.1, -0.05) is 42.5 Å². The second-order valence-electron chi connectivity index (χ2n) is 5.26. The third-order valence-electron chi connectivity index (χ3n) is 3.94. The fraction of sp³-hybridized carbons (Fsp3) is 0.111. The number of ketones is 1. The van der Waals surface area contributed by atoms with E-state index in [1.165, 1.54) is 0 Å². The van der Waals surface area contributed by atoms with E-state index >= 15 is 0 Å². The van der Waals surface area contributed by atoms with Crippen LogP contribution in [0.5, 0.6) is 5.75 Å². The lowest BCUT2D eigenvalue weighted by Crippen LogP contribution is -2.33. The van der Waals surface area contributed by atoms with Crippen LogP contribution in [0.2, 0.25) is 0 Å². The van der Waals surface area contributed by atoms with Crippen LogP contribution in [0, 0.1) is 0 Å². The van der Waals surface area contributed by atoms with Crippen molar-refractivity contribution in [2.75, 3.05) is 0 Å². The molecule has 4 nitrogen and oxygen atoms in total. The van der Waals surface area contributed by atoms with E-state index in [1.807, 2.05) is 59.2 Å². The fourth-order valence-electron chi connectivity index (χ4n) is 2.89. The normalized spacial score (nSPS) is 20.3. The molecule has 108 valence electrons. The number of imidazole rings is 1. The zero-order valence-corrected chi connectivity index (χ0v) is 11.8. The van der Waals surface area contributed by atoms with Gasteiger partial charge in [0.1, 0.15) is 11.8 Å². The van der Waals surface area contributed by atoms with E-state index in [2.05, 4.69) is 4.98 Å². The first-order valence-electron chi connectivity index (χ1n) is 7.17. The highest BCUT2D eigenvalue weighted by Crippen LogP contribution is 2.40. The van der Waals surface area contributed by atoms with E-state index in [-0.39, 0.29) is 11.9 Å². The first-order chi connectivity index (χ1) is 10.8. The van der Waals surface area contributed by atoms with Crippen LogP contribution < -0.4 is 4.74 Å². The van der Waals surface area contributed by atoms with Crippen molar-refractivity contribution in [3.05, 3.63) is 84.4 Å². The minimum atomic E-state index is -0.445. The van der Waals surface area contributed by atoms with E-state index < -0.39 is 6.04 Å². The molecule has 1 aliphatic rings. The van der Waals surface area contributed by atoms with Gasteiger partial charge in [0.2, 0.25) is 0 Å². The molecule has 0 fully saturated rings. The molecule has 3 aromatic rings. The topological polar surface area (TPSA) is 44.1 Å². The highest BCUT2D eigenvalue weighted by molar-refractivity contribution is 6.02. The number of rotatable bonds is 2. The van der Waals surface area contributed by atoms with Gasteiger partial charge in [0.15, 0.2) is 11.9 Å². The van der Waals surface area contributed by atoms with Crippen LogP contribution in [-0.2, 0) is 0 Å². The average Bonchev–Trinajstić information content (AvgIpc) is 3.10. The molecule has 0 saturated heterocycles.